The van der Waals surface area contributed by atoms with E-state index in [1.165, 1.54) is 0 Å². The van der Waals surface area contributed by atoms with Gasteiger partial charge in [-0.15, -0.1) is 0 Å². The van der Waals surface area contributed by atoms with E-state index in [1.807, 2.05) is 90.0 Å². The summed E-state index contributed by atoms with van der Waals surface area (Å²) in [5, 5.41) is 0. The molecule has 2 heterocycles. The summed E-state index contributed by atoms with van der Waals surface area (Å²) >= 11 is 0. The third-order valence-corrected chi connectivity index (χ3v) is 7.04. The van der Waals surface area contributed by atoms with Crippen LogP contribution in [0.3, 0.4) is 0 Å². The lowest BCUT2D eigenvalue weighted by Crippen LogP contribution is -2.50. The van der Waals surface area contributed by atoms with Crippen LogP contribution in [0.2, 0.25) is 0 Å². The van der Waals surface area contributed by atoms with Gasteiger partial charge in [-0.2, -0.15) is 0 Å². The number of primary amides is 1. The van der Waals surface area contributed by atoms with Crippen molar-refractivity contribution in [2.24, 2.45) is 5.73 Å². The van der Waals surface area contributed by atoms with Gasteiger partial charge >= 0.3 is 0 Å². The van der Waals surface area contributed by atoms with Gasteiger partial charge in [0, 0.05) is 63.8 Å². The molecule has 2 amide bonds. The molecule has 0 saturated carbocycles. The summed E-state index contributed by atoms with van der Waals surface area (Å²) in [6.07, 6.45) is 0.741. The highest BCUT2D eigenvalue weighted by Crippen LogP contribution is 2.19. The Morgan fingerprint density at radius 3 is 2.16 bits per heavy atom. The number of Topliss-reactive ketones (excluding diaryl/α,β-unsaturated/α-hetero) is 1. The third-order valence-electron chi connectivity index (χ3n) is 7.04. The third kappa shape index (κ3) is 6.09. The van der Waals surface area contributed by atoms with Crippen molar-refractivity contribution in [3.8, 4) is 0 Å². The number of carbonyl (C=O) groups excluding carboxylic acids is 3. The average Bonchev–Trinajstić information content (AvgIpc) is 3.24. The van der Waals surface area contributed by atoms with Crippen molar-refractivity contribution in [3.05, 3.63) is 88.7 Å². The van der Waals surface area contributed by atoms with Gasteiger partial charge in [0.1, 0.15) is 0 Å². The number of anilines is 1. The number of benzene rings is 2. The van der Waals surface area contributed by atoms with E-state index in [0.29, 0.717) is 55.2 Å². The largest absolute Gasteiger partial charge is 0.378 e. The maximum Gasteiger partial charge on any atom is 0.253 e. The van der Waals surface area contributed by atoms with Gasteiger partial charge in [0.25, 0.3) is 11.8 Å². The number of aromatic nitrogens is 1. The molecule has 0 bridgehead atoms. The summed E-state index contributed by atoms with van der Waals surface area (Å²) in [4.78, 5) is 44.2. The van der Waals surface area contributed by atoms with E-state index in [2.05, 4.69) is 4.90 Å². The van der Waals surface area contributed by atoms with Gasteiger partial charge in [0.15, 0.2) is 5.78 Å². The standard InChI is InChI=1S/C29H35N5O3/c1-21-25(28(30)36)19-26(34(21)14-13-22-7-5-4-6-8-22)27(35)20-32-15-17-33(18-16-32)29(37)23-9-11-24(12-10-23)31(2)3/h4-12,19H,13-18,20H2,1-3H3,(H2,30,36). The minimum atomic E-state index is -0.532. The molecule has 0 unspecified atom stereocenters. The van der Waals surface area contributed by atoms with Crippen LogP contribution in [-0.2, 0) is 13.0 Å². The normalized spacial score (nSPS) is 14.0. The van der Waals surface area contributed by atoms with Crippen molar-refractivity contribution in [2.45, 2.75) is 19.9 Å². The summed E-state index contributed by atoms with van der Waals surface area (Å²) < 4.78 is 1.91. The summed E-state index contributed by atoms with van der Waals surface area (Å²) in [5.41, 5.74) is 10.1. The van der Waals surface area contributed by atoms with E-state index in [1.54, 1.807) is 6.07 Å². The number of carbonyl (C=O) groups is 3. The van der Waals surface area contributed by atoms with Gasteiger partial charge in [0.05, 0.1) is 17.8 Å². The average molecular weight is 502 g/mol. The van der Waals surface area contributed by atoms with E-state index in [9.17, 15) is 14.4 Å². The minimum Gasteiger partial charge on any atom is -0.378 e. The Morgan fingerprint density at radius 2 is 1.57 bits per heavy atom. The number of aryl methyl sites for hydroxylation is 1. The van der Waals surface area contributed by atoms with Crippen LogP contribution in [0.15, 0.2) is 60.7 Å². The minimum absolute atomic E-state index is 0.00722. The lowest BCUT2D eigenvalue weighted by molar-refractivity contribution is 0.0623. The molecular formula is C29H35N5O3. The van der Waals surface area contributed by atoms with Crippen molar-refractivity contribution in [1.82, 2.24) is 14.4 Å². The molecule has 1 saturated heterocycles. The smallest absolute Gasteiger partial charge is 0.253 e. The van der Waals surface area contributed by atoms with Gasteiger partial charge in [-0.3, -0.25) is 19.3 Å². The van der Waals surface area contributed by atoms with Crippen molar-refractivity contribution >= 4 is 23.3 Å². The molecule has 2 aromatic carbocycles. The van der Waals surface area contributed by atoms with Gasteiger partial charge < -0.3 is 20.1 Å². The first-order valence-corrected chi connectivity index (χ1v) is 12.6. The first kappa shape index (κ1) is 26.2. The summed E-state index contributed by atoms with van der Waals surface area (Å²) in [6, 6.07) is 19.3. The molecule has 1 fully saturated rings. The Bertz CT molecular complexity index is 1260. The van der Waals surface area contributed by atoms with Crippen molar-refractivity contribution in [3.63, 3.8) is 0 Å². The predicted molar refractivity (Wildman–Crippen MR) is 145 cm³/mol. The van der Waals surface area contributed by atoms with Crippen LogP contribution in [0.1, 0.15) is 42.5 Å². The fourth-order valence-corrected chi connectivity index (χ4v) is 4.78. The highest BCUT2D eigenvalue weighted by atomic mass is 16.2. The lowest BCUT2D eigenvalue weighted by Gasteiger charge is -2.34. The molecule has 0 radical (unpaired) electrons. The summed E-state index contributed by atoms with van der Waals surface area (Å²) in [7, 11) is 3.93. The van der Waals surface area contributed by atoms with Gasteiger partial charge in [-0.25, -0.2) is 0 Å². The molecule has 3 aromatic rings. The second-order valence-electron chi connectivity index (χ2n) is 9.71. The quantitative estimate of drug-likeness (QED) is 0.455. The van der Waals surface area contributed by atoms with Crippen molar-refractivity contribution < 1.29 is 14.4 Å². The van der Waals surface area contributed by atoms with E-state index >= 15 is 0 Å². The van der Waals surface area contributed by atoms with Crippen LogP contribution in [0, 0.1) is 6.92 Å². The first-order valence-electron chi connectivity index (χ1n) is 12.6. The Morgan fingerprint density at radius 1 is 0.919 bits per heavy atom. The molecule has 37 heavy (non-hydrogen) atoms. The zero-order valence-electron chi connectivity index (χ0n) is 21.8. The number of hydrogen-bond donors (Lipinski definition) is 1. The van der Waals surface area contributed by atoms with E-state index in [0.717, 1.165) is 17.7 Å². The topological polar surface area (TPSA) is 91.9 Å². The number of nitrogens with two attached hydrogens (primary N) is 1. The molecule has 0 atom stereocenters. The number of ketones is 1. The number of amides is 2. The van der Waals surface area contributed by atoms with Gasteiger partial charge in [-0.1, -0.05) is 30.3 Å². The maximum atomic E-state index is 13.4. The second-order valence-corrected chi connectivity index (χ2v) is 9.71. The molecule has 0 aliphatic carbocycles. The maximum absolute atomic E-state index is 13.4. The SMILES string of the molecule is Cc1c(C(N)=O)cc(C(=O)CN2CCN(C(=O)c3ccc(N(C)C)cc3)CC2)n1CCc1ccccc1. The summed E-state index contributed by atoms with van der Waals surface area (Å²) in [6.45, 7) is 4.98. The monoisotopic (exact) mass is 501 g/mol. The first-order chi connectivity index (χ1) is 17.7. The Labute approximate surface area is 218 Å². The van der Waals surface area contributed by atoms with Crippen molar-refractivity contribution in [1.29, 1.82) is 0 Å². The van der Waals surface area contributed by atoms with Crippen LogP contribution in [0.5, 0.6) is 0 Å². The zero-order valence-corrected chi connectivity index (χ0v) is 21.8. The molecular weight excluding hydrogens is 466 g/mol. The highest BCUT2D eigenvalue weighted by Gasteiger charge is 2.26. The van der Waals surface area contributed by atoms with Crippen LogP contribution in [0.4, 0.5) is 5.69 Å². The molecule has 8 heteroatoms. The molecule has 8 nitrogen and oxygen atoms in total. The Hall–Kier alpha value is -3.91. The second kappa shape index (κ2) is 11.4. The lowest BCUT2D eigenvalue weighted by atomic mass is 10.1. The predicted octanol–water partition coefficient (Wildman–Crippen LogP) is 2.84. The number of nitrogens with zero attached hydrogens (tertiary/aromatic N) is 4. The fourth-order valence-electron chi connectivity index (χ4n) is 4.78. The number of rotatable bonds is 9. The van der Waals surface area contributed by atoms with E-state index in [4.69, 9.17) is 5.73 Å². The molecule has 2 N–H and O–H groups in total. The van der Waals surface area contributed by atoms with Crippen LogP contribution in [-0.4, -0.2) is 78.8 Å². The Balaban J connectivity index is 1.39. The van der Waals surface area contributed by atoms with Crippen molar-refractivity contribution in [2.75, 3.05) is 51.7 Å². The van der Waals surface area contributed by atoms with Gasteiger partial charge in [-0.05, 0) is 49.2 Å². The molecule has 1 aliphatic heterocycles. The molecule has 1 aromatic heterocycles. The molecule has 0 spiro atoms. The van der Waals surface area contributed by atoms with Crippen LogP contribution in [0.25, 0.3) is 0 Å². The molecule has 4 rings (SSSR count). The molecule has 194 valence electrons. The molecule has 1 aliphatic rings. The van der Waals surface area contributed by atoms with E-state index in [-0.39, 0.29) is 18.2 Å². The summed E-state index contributed by atoms with van der Waals surface area (Å²) in [5.74, 6) is -0.578. The highest BCUT2D eigenvalue weighted by molar-refractivity contribution is 6.01. The van der Waals surface area contributed by atoms with E-state index < -0.39 is 5.91 Å². The zero-order chi connectivity index (χ0) is 26.5. The fraction of sp³-hybridized carbons (Fsp3) is 0.345. The van der Waals surface area contributed by atoms with Gasteiger partial charge in [0.2, 0.25) is 0 Å². The number of piperazine rings is 1. The number of hydrogen-bond acceptors (Lipinski definition) is 5. The Kier molecular flexibility index (Phi) is 8.08. The van der Waals surface area contributed by atoms with Crippen LogP contribution < -0.4 is 10.6 Å². The van der Waals surface area contributed by atoms with Crippen LogP contribution >= 0.6 is 0 Å².